The quantitative estimate of drug-likeness (QED) is 0.450. The maximum Gasteiger partial charge on any atom is 0.296 e. The number of rotatable bonds is 3. The number of hydrazone groups is 1. The van der Waals surface area contributed by atoms with Crippen molar-refractivity contribution in [1.82, 2.24) is 10.3 Å². The van der Waals surface area contributed by atoms with Crippen molar-refractivity contribution in [2.24, 2.45) is 16.2 Å². The van der Waals surface area contributed by atoms with Crippen molar-refractivity contribution in [3.63, 3.8) is 0 Å². The molecule has 11 heteroatoms. The van der Waals surface area contributed by atoms with Crippen molar-refractivity contribution in [3.05, 3.63) is 33.9 Å². The van der Waals surface area contributed by atoms with Crippen LogP contribution in [-0.4, -0.2) is 52.9 Å². The number of carbonyl (C=O) groups is 2. The number of benzene rings is 1. The third kappa shape index (κ3) is 4.03. The Hall–Kier alpha value is -2.66. The molecular weight excluding hydrogens is 372 g/mol. The second kappa shape index (κ2) is 7.92. The zero-order valence-electron chi connectivity index (χ0n) is 14.8. The lowest BCUT2D eigenvalue weighted by Gasteiger charge is -2.35. The number of nitrogens with zero attached hydrogens (tertiary/aromatic N) is 4. The minimum Gasteiger partial charge on any atom is -0.362 e. The fourth-order valence-electron chi connectivity index (χ4n) is 3.30. The van der Waals surface area contributed by atoms with Gasteiger partial charge < -0.3 is 9.80 Å². The molecule has 0 bridgehead atoms. The van der Waals surface area contributed by atoms with Crippen LogP contribution in [0.1, 0.15) is 18.9 Å². The number of nitro groups is 1. The lowest BCUT2D eigenvalue weighted by molar-refractivity contribution is -0.384. The van der Waals surface area contributed by atoms with Crippen molar-refractivity contribution < 1.29 is 14.5 Å². The topological polar surface area (TPSA) is 134 Å². The molecule has 1 aromatic rings. The molecule has 144 valence electrons. The van der Waals surface area contributed by atoms with Gasteiger partial charge in [-0.2, -0.15) is 5.10 Å². The predicted molar refractivity (Wildman–Crippen MR) is 103 cm³/mol. The summed E-state index contributed by atoms with van der Waals surface area (Å²) in [6.45, 7) is 3.75. The predicted octanol–water partition coefficient (Wildman–Crippen LogP) is 1.30. The van der Waals surface area contributed by atoms with E-state index in [1.54, 1.807) is 17.0 Å². The van der Waals surface area contributed by atoms with Crippen LogP contribution < -0.4 is 15.5 Å². The summed E-state index contributed by atoms with van der Waals surface area (Å²) in [5, 5.41) is 20.8. The van der Waals surface area contributed by atoms with Gasteiger partial charge in [0, 0.05) is 62.1 Å². The molecule has 2 aliphatic heterocycles. The van der Waals surface area contributed by atoms with Crippen molar-refractivity contribution in [1.29, 1.82) is 0 Å². The summed E-state index contributed by atoms with van der Waals surface area (Å²) in [6.07, 6.45) is 0.295. The number of hydrogen-bond acceptors (Lipinski definition) is 8. The minimum absolute atomic E-state index is 0.0210. The average Bonchev–Trinajstić information content (AvgIpc) is 2.67. The number of nitrogens with one attached hydrogen (secondary N) is 1. The highest BCUT2D eigenvalue weighted by Crippen LogP contribution is 2.31. The molecule has 0 spiro atoms. The highest BCUT2D eigenvalue weighted by molar-refractivity contribution is 8.11. The fraction of sp³-hybridized carbons (Fsp3) is 0.438. The highest BCUT2D eigenvalue weighted by atomic mass is 32.2. The molecule has 3 rings (SSSR count). The first-order valence-electron chi connectivity index (χ1n) is 8.46. The Labute approximate surface area is 160 Å². The van der Waals surface area contributed by atoms with Crippen molar-refractivity contribution in [2.45, 2.75) is 13.3 Å². The Morgan fingerprint density at radius 1 is 1.37 bits per heavy atom. The van der Waals surface area contributed by atoms with Crippen LogP contribution in [0.4, 0.5) is 16.2 Å². The fourth-order valence-corrected chi connectivity index (χ4v) is 3.63. The van der Waals surface area contributed by atoms with E-state index in [-0.39, 0.29) is 22.8 Å². The number of piperazine rings is 1. The van der Waals surface area contributed by atoms with Gasteiger partial charge in [0.2, 0.25) is 5.91 Å². The molecule has 1 saturated heterocycles. The first-order chi connectivity index (χ1) is 12.9. The van der Waals surface area contributed by atoms with Gasteiger partial charge in [-0.1, -0.05) is 13.0 Å². The van der Waals surface area contributed by atoms with E-state index in [4.69, 9.17) is 5.14 Å². The van der Waals surface area contributed by atoms with Gasteiger partial charge in [0.25, 0.3) is 10.9 Å². The first-order valence-corrected chi connectivity index (χ1v) is 9.34. The molecule has 1 unspecified atom stereocenters. The minimum atomic E-state index is -0.418. The molecule has 1 atom stereocenters. The van der Waals surface area contributed by atoms with Crippen molar-refractivity contribution in [3.8, 4) is 0 Å². The van der Waals surface area contributed by atoms with Gasteiger partial charge in [-0.15, -0.1) is 0 Å². The summed E-state index contributed by atoms with van der Waals surface area (Å²) < 4.78 is 0. The van der Waals surface area contributed by atoms with Crippen LogP contribution in [-0.2, 0) is 4.79 Å². The summed E-state index contributed by atoms with van der Waals surface area (Å²) in [7, 11) is 0. The number of nitro benzene ring substituents is 1. The van der Waals surface area contributed by atoms with Crippen molar-refractivity contribution >= 4 is 40.2 Å². The largest absolute Gasteiger partial charge is 0.362 e. The summed E-state index contributed by atoms with van der Waals surface area (Å²) in [5.74, 6) is -0.284. The lowest BCUT2D eigenvalue weighted by atomic mass is 9.93. The molecule has 2 heterocycles. The normalized spacial score (nSPS) is 20.1. The number of carbonyl (C=O) groups excluding carboxylic acids is 2. The standard InChI is InChI=1S/C16H20N6O4S/c1-10-8-14(23)18-19-15(10)11-2-3-12(13(9-11)22(25)26)20-4-6-21(7-5-20)16(24)27-17/h2-3,9-10H,4-8,17H2,1H3,(H,18,23). The van der Waals surface area contributed by atoms with Gasteiger partial charge in [-0.25, -0.2) is 5.43 Å². The first kappa shape index (κ1) is 19.1. The zero-order chi connectivity index (χ0) is 19.6. The summed E-state index contributed by atoms with van der Waals surface area (Å²) in [4.78, 5) is 37.8. The van der Waals surface area contributed by atoms with Gasteiger partial charge in [0.1, 0.15) is 5.69 Å². The third-order valence-electron chi connectivity index (χ3n) is 4.71. The Morgan fingerprint density at radius 3 is 2.67 bits per heavy atom. The average molecular weight is 392 g/mol. The molecule has 2 amide bonds. The number of hydrogen-bond donors (Lipinski definition) is 2. The van der Waals surface area contributed by atoms with Crippen LogP contribution in [0, 0.1) is 16.0 Å². The Kier molecular flexibility index (Phi) is 5.61. The molecule has 0 aliphatic carbocycles. The van der Waals surface area contributed by atoms with E-state index in [1.165, 1.54) is 6.07 Å². The molecule has 3 N–H and O–H groups in total. The molecule has 0 aromatic heterocycles. The SMILES string of the molecule is CC1CC(=O)NN=C1c1ccc(N2CCN(C(=O)SN)CC2)c([N+](=O)[O-])c1. The van der Waals surface area contributed by atoms with E-state index in [0.29, 0.717) is 61.5 Å². The monoisotopic (exact) mass is 392 g/mol. The second-order valence-electron chi connectivity index (χ2n) is 6.46. The van der Waals surface area contributed by atoms with E-state index in [0.717, 1.165) is 0 Å². The van der Waals surface area contributed by atoms with Crippen LogP contribution in [0.15, 0.2) is 23.3 Å². The van der Waals surface area contributed by atoms with Crippen LogP contribution >= 0.6 is 11.9 Å². The highest BCUT2D eigenvalue weighted by Gasteiger charge is 2.28. The van der Waals surface area contributed by atoms with Gasteiger partial charge in [0.05, 0.1) is 10.6 Å². The molecule has 0 radical (unpaired) electrons. The van der Waals surface area contributed by atoms with Crippen molar-refractivity contribution in [2.75, 3.05) is 31.1 Å². The molecule has 0 saturated carbocycles. The number of amides is 2. The van der Waals surface area contributed by atoms with Crippen LogP contribution in [0.25, 0.3) is 0 Å². The summed E-state index contributed by atoms with van der Waals surface area (Å²) in [5.41, 5.74) is 4.15. The van der Waals surface area contributed by atoms with E-state index in [1.807, 2.05) is 11.8 Å². The maximum absolute atomic E-state index is 11.7. The summed E-state index contributed by atoms with van der Waals surface area (Å²) in [6, 6.07) is 4.98. The molecular formula is C16H20N6O4S. The van der Waals surface area contributed by atoms with Gasteiger partial charge in [-0.3, -0.25) is 24.8 Å². The number of anilines is 1. The molecule has 1 aromatic carbocycles. The second-order valence-corrected chi connectivity index (χ2v) is 7.04. The van der Waals surface area contributed by atoms with Gasteiger partial charge >= 0.3 is 0 Å². The lowest BCUT2D eigenvalue weighted by Crippen LogP contribution is -2.48. The van der Waals surface area contributed by atoms with Gasteiger partial charge in [0.15, 0.2) is 0 Å². The zero-order valence-corrected chi connectivity index (χ0v) is 15.6. The Bertz CT molecular complexity index is 806. The molecule has 1 fully saturated rings. The maximum atomic E-state index is 11.7. The van der Waals surface area contributed by atoms with Crippen LogP contribution in [0.5, 0.6) is 0 Å². The van der Waals surface area contributed by atoms with E-state index in [2.05, 4.69) is 10.5 Å². The van der Waals surface area contributed by atoms with Gasteiger partial charge in [-0.05, 0) is 6.07 Å². The van der Waals surface area contributed by atoms with E-state index in [9.17, 15) is 19.7 Å². The Balaban J connectivity index is 1.84. The summed E-state index contributed by atoms with van der Waals surface area (Å²) >= 11 is 0.672. The van der Waals surface area contributed by atoms with E-state index >= 15 is 0 Å². The van der Waals surface area contributed by atoms with Crippen LogP contribution in [0.3, 0.4) is 0 Å². The Morgan fingerprint density at radius 2 is 2.07 bits per heavy atom. The third-order valence-corrected chi connectivity index (χ3v) is 5.17. The van der Waals surface area contributed by atoms with E-state index < -0.39 is 4.92 Å². The number of nitrogens with two attached hydrogens (primary N) is 1. The smallest absolute Gasteiger partial charge is 0.296 e. The molecule has 2 aliphatic rings. The van der Waals surface area contributed by atoms with Crippen LogP contribution in [0.2, 0.25) is 0 Å². The molecule has 27 heavy (non-hydrogen) atoms. The molecule has 10 nitrogen and oxygen atoms in total.